The summed E-state index contributed by atoms with van der Waals surface area (Å²) in [6, 6.07) is 3.51. The van der Waals surface area contributed by atoms with Crippen molar-refractivity contribution in [2.45, 2.75) is 19.9 Å². The van der Waals surface area contributed by atoms with E-state index in [4.69, 9.17) is 4.42 Å². The molecule has 0 atom stereocenters. The van der Waals surface area contributed by atoms with Crippen molar-refractivity contribution >= 4 is 34.1 Å². The van der Waals surface area contributed by atoms with Crippen molar-refractivity contribution in [1.82, 2.24) is 15.2 Å². The van der Waals surface area contributed by atoms with Gasteiger partial charge in [0.1, 0.15) is 18.0 Å². The van der Waals surface area contributed by atoms with Gasteiger partial charge in [0.05, 0.1) is 16.4 Å². The Morgan fingerprint density at radius 1 is 1.61 bits per heavy atom. The molecule has 0 saturated heterocycles. The van der Waals surface area contributed by atoms with Crippen LogP contribution < -0.4 is 5.43 Å². The third-order valence-corrected chi connectivity index (χ3v) is 3.79. The highest BCUT2D eigenvalue weighted by molar-refractivity contribution is 9.10. The summed E-state index contributed by atoms with van der Waals surface area (Å²) in [4.78, 5) is 11.7. The van der Waals surface area contributed by atoms with Crippen molar-refractivity contribution < 1.29 is 18.0 Å². The number of rotatable bonds is 6. The van der Waals surface area contributed by atoms with Crippen molar-refractivity contribution in [3.8, 4) is 0 Å². The van der Waals surface area contributed by atoms with Gasteiger partial charge in [0.2, 0.25) is 0 Å². The summed E-state index contributed by atoms with van der Waals surface area (Å²) in [7, 11) is 0. The average molecular weight is 387 g/mol. The van der Waals surface area contributed by atoms with Crippen LogP contribution >= 0.6 is 15.9 Å². The first-order valence-electron chi connectivity index (χ1n) is 6.52. The molecule has 0 fully saturated rings. The molecule has 0 saturated carbocycles. The molecule has 0 aliphatic rings. The third kappa shape index (κ3) is 4.59. The van der Waals surface area contributed by atoms with Crippen LogP contribution in [0.4, 0.5) is 8.78 Å². The second-order valence-corrected chi connectivity index (χ2v) is 5.22. The molecule has 2 aromatic heterocycles. The summed E-state index contributed by atoms with van der Waals surface area (Å²) in [5.74, 6) is 0.172. The van der Waals surface area contributed by atoms with Crippen LogP contribution in [-0.4, -0.2) is 21.9 Å². The summed E-state index contributed by atoms with van der Waals surface area (Å²) in [6.07, 6.45) is 3.45. The van der Waals surface area contributed by atoms with Crippen LogP contribution in [0.15, 0.2) is 38.5 Å². The molecule has 0 unspecified atom stereocenters. The molecule has 0 aliphatic carbocycles. The molecule has 122 valence electrons. The number of alkyl halides is 2. The number of hydrogen-bond acceptors (Lipinski definition) is 4. The molecule has 2 heterocycles. The summed E-state index contributed by atoms with van der Waals surface area (Å²) in [6.45, 7) is 1.38. The van der Waals surface area contributed by atoms with E-state index in [1.165, 1.54) is 17.2 Å². The number of aromatic nitrogens is 2. The maximum absolute atomic E-state index is 12.7. The van der Waals surface area contributed by atoms with Gasteiger partial charge in [0.25, 0.3) is 12.3 Å². The smallest absolute Gasteiger partial charge is 0.283 e. The van der Waals surface area contributed by atoms with E-state index in [0.717, 1.165) is 0 Å². The normalized spacial score (nSPS) is 11.9. The number of hydrazone groups is 1. The lowest BCUT2D eigenvalue weighted by Crippen LogP contribution is -2.24. The predicted molar refractivity (Wildman–Crippen MR) is 84.0 cm³/mol. The Kier molecular flexibility index (Phi) is 5.80. The van der Waals surface area contributed by atoms with Crippen molar-refractivity contribution in [2.75, 3.05) is 0 Å². The topological polar surface area (TPSA) is 72.4 Å². The number of carbonyl (C=O) groups excluding carboxylic acids is 1. The van der Waals surface area contributed by atoms with Crippen molar-refractivity contribution in [1.29, 1.82) is 0 Å². The largest absolute Gasteiger partial charge is 0.465 e. The molecular weight excluding hydrogens is 374 g/mol. The zero-order valence-electron chi connectivity index (χ0n) is 12.0. The lowest BCUT2D eigenvalue weighted by molar-refractivity contribution is -0.121. The van der Waals surface area contributed by atoms with E-state index in [1.807, 2.05) is 0 Å². The summed E-state index contributed by atoms with van der Waals surface area (Å²) >= 11 is 3.04. The van der Waals surface area contributed by atoms with Crippen molar-refractivity contribution in [3.63, 3.8) is 0 Å². The van der Waals surface area contributed by atoms with E-state index < -0.39 is 12.3 Å². The molecule has 9 heteroatoms. The van der Waals surface area contributed by atoms with Crippen molar-refractivity contribution in [3.05, 3.63) is 46.1 Å². The van der Waals surface area contributed by atoms with E-state index in [2.05, 4.69) is 31.6 Å². The van der Waals surface area contributed by atoms with E-state index in [1.54, 1.807) is 31.2 Å². The molecule has 6 nitrogen and oxygen atoms in total. The first-order chi connectivity index (χ1) is 11.0. The number of nitrogens with zero attached hydrogens (tertiary/aromatic N) is 3. The van der Waals surface area contributed by atoms with E-state index >= 15 is 0 Å². The SMILES string of the molecule is Cc1c(Br)c(C(F)F)nn1CC(=O)NN=CC=Cc1ccco1. The fraction of sp³-hybridized carbons (Fsp3) is 0.214. The number of furan rings is 1. The Bertz CT molecular complexity index is 723. The molecule has 0 aliphatic heterocycles. The Morgan fingerprint density at radius 3 is 3.00 bits per heavy atom. The molecule has 1 N–H and O–H groups in total. The van der Waals surface area contributed by atoms with Gasteiger partial charge in [-0.2, -0.15) is 10.2 Å². The Labute approximate surface area is 139 Å². The van der Waals surface area contributed by atoms with Crippen LogP contribution in [0.25, 0.3) is 6.08 Å². The highest BCUT2D eigenvalue weighted by Crippen LogP contribution is 2.28. The first-order valence-corrected chi connectivity index (χ1v) is 7.31. The quantitative estimate of drug-likeness (QED) is 0.611. The molecular formula is C14H13BrF2N4O2. The van der Waals surface area contributed by atoms with Crippen LogP contribution in [0, 0.1) is 6.92 Å². The molecule has 23 heavy (non-hydrogen) atoms. The summed E-state index contributed by atoms with van der Waals surface area (Å²) < 4.78 is 31.9. The van der Waals surface area contributed by atoms with Crippen LogP contribution in [0.1, 0.15) is 23.6 Å². The highest BCUT2D eigenvalue weighted by atomic mass is 79.9. The van der Waals surface area contributed by atoms with E-state index in [-0.39, 0.29) is 16.7 Å². The zero-order chi connectivity index (χ0) is 16.8. The maximum atomic E-state index is 12.7. The number of nitrogens with one attached hydrogen (secondary N) is 1. The minimum atomic E-state index is -2.71. The fourth-order valence-corrected chi connectivity index (χ4v) is 2.15. The van der Waals surface area contributed by atoms with Gasteiger partial charge < -0.3 is 4.42 Å². The van der Waals surface area contributed by atoms with Crippen LogP contribution in [0.3, 0.4) is 0 Å². The Hall–Kier alpha value is -2.29. The van der Waals surface area contributed by atoms with Gasteiger partial charge >= 0.3 is 0 Å². The molecule has 2 aromatic rings. The number of allylic oxidation sites excluding steroid dienone is 1. The van der Waals surface area contributed by atoms with E-state index in [0.29, 0.717) is 11.5 Å². The second kappa shape index (κ2) is 7.82. The van der Waals surface area contributed by atoms with Gasteiger partial charge in [-0.25, -0.2) is 14.2 Å². The van der Waals surface area contributed by atoms with Gasteiger partial charge in [-0.05, 0) is 47.1 Å². The number of hydrogen-bond donors (Lipinski definition) is 1. The van der Waals surface area contributed by atoms with Crippen LogP contribution in [0.5, 0.6) is 0 Å². The zero-order valence-corrected chi connectivity index (χ0v) is 13.6. The molecule has 0 spiro atoms. The minimum absolute atomic E-state index is 0.199. The predicted octanol–water partition coefficient (Wildman–Crippen LogP) is 3.30. The van der Waals surface area contributed by atoms with Gasteiger partial charge in [-0.1, -0.05) is 0 Å². The van der Waals surface area contributed by atoms with Crippen molar-refractivity contribution in [2.24, 2.45) is 5.10 Å². The molecule has 0 bridgehead atoms. The standard InChI is InChI=1S/C14H13BrF2N4O2/c1-9-12(15)13(14(16)17)20-21(9)8-11(22)19-18-6-2-4-10-5-3-7-23-10/h2-7,14H,8H2,1H3,(H,19,22). The lowest BCUT2D eigenvalue weighted by atomic mass is 10.4. The van der Waals surface area contributed by atoms with Gasteiger partial charge in [0.15, 0.2) is 0 Å². The number of amides is 1. The Balaban J connectivity index is 1.89. The lowest BCUT2D eigenvalue weighted by Gasteiger charge is -2.02. The van der Waals surface area contributed by atoms with Gasteiger partial charge in [-0.15, -0.1) is 0 Å². The first kappa shape index (κ1) is 17.1. The molecule has 1 amide bonds. The molecule has 0 radical (unpaired) electrons. The summed E-state index contributed by atoms with van der Waals surface area (Å²) in [5, 5.41) is 7.41. The molecule has 2 rings (SSSR count). The van der Waals surface area contributed by atoms with Gasteiger partial charge in [-0.3, -0.25) is 9.48 Å². The molecule has 0 aromatic carbocycles. The van der Waals surface area contributed by atoms with E-state index in [9.17, 15) is 13.6 Å². The fourth-order valence-electron chi connectivity index (χ4n) is 1.69. The van der Waals surface area contributed by atoms with Crippen LogP contribution in [0.2, 0.25) is 0 Å². The number of halogens is 3. The van der Waals surface area contributed by atoms with Crippen LogP contribution in [-0.2, 0) is 11.3 Å². The monoisotopic (exact) mass is 386 g/mol. The average Bonchev–Trinajstić information content (AvgIpc) is 3.11. The highest BCUT2D eigenvalue weighted by Gasteiger charge is 2.20. The minimum Gasteiger partial charge on any atom is -0.465 e. The maximum Gasteiger partial charge on any atom is 0.283 e. The third-order valence-electron chi connectivity index (χ3n) is 2.81. The Morgan fingerprint density at radius 2 is 2.39 bits per heavy atom. The second-order valence-electron chi connectivity index (χ2n) is 4.43. The summed E-state index contributed by atoms with van der Waals surface area (Å²) in [5.41, 5.74) is 2.33. The van der Waals surface area contributed by atoms with Gasteiger partial charge in [0, 0.05) is 6.21 Å². The number of carbonyl (C=O) groups is 1.